The summed E-state index contributed by atoms with van der Waals surface area (Å²) in [6, 6.07) is 1.05. The fourth-order valence-electron chi connectivity index (χ4n) is 2.14. The Balaban J connectivity index is 3.66. The zero-order chi connectivity index (χ0) is 12.9. The van der Waals surface area contributed by atoms with Crippen LogP contribution in [0.4, 0.5) is 0 Å². The summed E-state index contributed by atoms with van der Waals surface area (Å²) in [7, 11) is 1.77. The number of hydrogen-bond donors (Lipinski definition) is 2. The van der Waals surface area contributed by atoms with Crippen molar-refractivity contribution in [2.24, 2.45) is 5.73 Å². The molecule has 104 valence electrons. The zero-order valence-electron chi connectivity index (χ0n) is 12.0. The SMILES string of the molecule is CCCCCCC(C)NC(CCCN)COC. The molecule has 0 aliphatic heterocycles. The summed E-state index contributed by atoms with van der Waals surface area (Å²) in [5.74, 6) is 0. The molecule has 0 aliphatic rings. The minimum absolute atomic E-state index is 0.463. The third-order valence-corrected chi connectivity index (χ3v) is 3.14. The first-order valence-electron chi connectivity index (χ1n) is 7.19. The van der Waals surface area contributed by atoms with Gasteiger partial charge in [0.15, 0.2) is 0 Å². The highest BCUT2D eigenvalue weighted by molar-refractivity contribution is 4.71. The second-order valence-corrected chi connectivity index (χ2v) is 5.00. The zero-order valence-corrected chi connectivity index (χ0v) is 12.0. The molecule has 2 unspecified atom stereocenters. The molecule has 0 aromatic rings. The van der Waals surface area contributed by atoms with Crippen molar-refractivity contribution < 1.29 is 4.74 Å². The van der Waals surface area contributed by atoms with Crippen LogP contribution in [0.1, 0.15) is 58.8 Å². The Morgan fingerprint density at radius 3 is 2.47 bits per heavy atom. The smallest absolute Gasteiger partial charge is 0.0615 e. The van der Waals surface area contributed by atoms with E-state index in [9.17, 15) is 0 Å². The molecule has 0 saturated heterocycles. The molecule has 0 amide bonds. The maximum atomic E-state index is 5.55. The Morgan fingerprint density at radius 1 is 1.12 bits per heavy atom. The molecule has 0 aromatic carbocycles. The van der Waals surface area contributed by atoms with Crippen molar-refractivity contribution in [1.29, 1.82) is 0 Å². The number of unbranched alkanes of at least 4 members (excludes halogenated alkanes) is 3. The lowest BCUT2D eigenvalue weighted by molar-refractivity contribution is 0.155. The van der Waals surface area contributed by atoms with E-state index in [0.29, 0.717) is 12.1 Å². The molecule has 2 atom stereocenters. The molecule has 0 bridgehead atoms. The Bertz CT molecular complexity index is 153. The minimum Gasteiger partial charge on any atom is -0.383 e. The molecule has 0 aromatic heterocycles. The Kier molecular flexibility index (Phi) is 12.3. The highest BCUT2D eigenvalue weighted by Crippen LogP contribution is 2.07. The third-order valence-electron chi connectivity index (χ3n) is 3.14. The van der Waals surface area contributed by atoms with Crippen molar-refractivity contribution in [3.8, 4) is 0 Å². The summed E-state index contributed by atoms with van der Waals surface area (Å²) in [4.78, 5) is 0. The number of methoxy groups -OCH3 is 1. The molecule has 17 heavy (non-hydrogen) atoms. The standard InChI is InChI=1S/C14H32N2O/c1-4-5-6-7-9-13(2)16-14(12-17-3)10-8-11-15/h13-14,16H,4-12,15H2,1-3H3. The van der Waals surface area contributed by atoms with Crippen molar-refractivity contribution in [2.75, 3.05) is 20.3 Å². The second-order valence-electron chi connectivity index (χ2n) is 5.00. The Hall–Kier alpha value is -0.120. The van der Waals surface area contributed by atoms with E-state index >= 15 is 0 Å². The Morgan fingerprint density at radius 2 is 1.88 bits per heavy atom. The van der Waals surface area contributed by atoms with Crippen LogP contribution in [0.15, 0.2) is 0 Å². The summed E-state index contributed by atoms with van der Waals surface area (Å²) in [5.41, 5.74) is 5.55. The second kappa shape index (κ2) is 12.3. The lowest BCUT2D eigenvalue weighted by Crippen LogP contribution is -2.39. The first-order chi connectivity index (χ1) is 8.24. The fraction of sp³-hybridized carbons (Fsp3) is 1.00. The van der Waals surface area contributed by atoms with Crippen molar-refractivity contribution >= 4 is 0 Å². The van der Waals surface area contributed by atoms with Gasteiger partial charge in [0.05, 0.1) is 6.61 Å². The summed E-state index contributed by atoms with van der Waals surface area (Å²) in [6.45, 7) is 6.09. The molecule has 3 heteroatoms. The number of rotatable bonds is 12. The average molecular weight is 244 g/mol. The van der Waals surface area contributed by atoms with Crippen LogP contribution in [-0.4, -0.2) is 32.3 Å². The van der Waals surface area contributed by atoms with Gasteiger partial charge in [-0.15, -0.1) is 0 Å². The van der Waals surface area contributed by atoms with E-state index in [1.54, 1.807) is 7.11 Å². The van der Waals surface area contributed by atoms with E-state index < -0.39 is 0 Å². The summed E-state index contributed by atoms with van der Waals surface area (Å²) in [6.07, 6.45) is 8.82. The number of nitrogens with one attached hydrogen (secondary N) is 1. The van der Waals surface area contributed by atoms with Gasteiger partial charge in [-0.3, -0.25) is 0 Å². The van der Waals surface area contributed by atoms with Gasteiger partial charge < -0.3 is 15.8 Å². The predicted molar refractivity (Wildman–Crippen MR) is 75.3 cm³/mol. The maximum absolute atomic E-state index is 5.55. The van der Waals surface area contributed by atoms with Crippen molar-refractivity contribution in [3.05, 3.63) is 0 Å². The first-order valence-corrected chi connectivity index (χ1v) is 7.19. The largest absolute Gasteiger partial charge is 0.383 e. The van der Waals surface area contributed by atoms with Crippen LogP contribution in [0, 0.1) is 0 Å². The highest BCUT2D eigenvalue weighted by Gasteiger charge is 2.11. The van der Waals surface area contributed by atoms with E-state index in [2.05, 4.69) is 19.2 Å². The van der Waals surface area contributed by atoms with Gasteiger partial charge in [-0.1, -0.05) is 32.6 Å². The van der Waals surface area contributed by atoms with E-state index in [1.165, 1.54) is 32.1 Å². The normalized spacial score (nSPS) is 14.8. The van der Waals surface area contributed by atoms with Gasteiger partial charge in [-0.25, -0.2) is 0 Å². The van der Waals surface area contributed by atoms with E-state index in [1.807, 2.05) is 0 Å². The van der Waals surface area contributed by atoms with Crippen LogP contribution in [0.5, 0.6) is 0 Å². The highest BCUT2D eigenvalue weighted by atomic mass is 16.5. The van der Waals surface area contributed by atoms with Gasteiger partial charge in [-0.05, 0) is 32.7 Å². The molecular formula is C14H32N2O. The average Bonchev–Trinajstić information content (AvgIpc) is 2.32. The van der Waals surface area contributed by atoms with Crippen LogP contribution in [-0.2, 0) is 4.74 Å². The molecular weight excluding hydrogens is 212 g/mol. The maximum Gasteiger partial charge on any atom is 0.0615 e. The van der Waals surface area contributed by atoms with Gasteiger partial charge in [0.2, 0.25) is 0 Å². The monoisotopic (exact) mass is 244 g/mol. The molecule has 0 saturated carbocycles. The van der Waals surface area contributed by atoms with Gasteiger partial charge in [-0.2, -0.15) is 0 Å². The Labute approximate surface area is 107 Å². The summed E-state index contributed by atoms with van der Waals surface area (Å²) >= 11 is 0. The van der Waals surface area contributed by atoms with Crippen LogP contribution in [0.3, 0.4) is 0 Å². The van der Waals surface area contributed by atoms with Gasteiger partial charge in [0.1, 0.15) is 0 Å². The number of hydrogen-bond acceptors (Lipinski definition) is 3. The topological polar surface area (TPSA) is 47.3 Å². The number of ether oxygens (including phenoxy) is 1. The lowest BCUT2D eigenvalue weighted by atomic mass is 10.1. The van der Waals surface area contributed by atoms with Crippen molar-refractivity contribution in [3.63, 3.8) is 0 Å². The van der Waals surface area contributed by atoms with Crippen molar-refractivity contribution in [2.45, 2.75) is 70.9 Å². The molecule has 3 nitrogen and oxygen atoms in total. The molecule has 0 radical (unpaired) electrons. The van der Waals surface area contributed by atoms with E-state index in [-0.39, 0.29) is 0 Å². The fourth-order valence-corrected chi connectivity index (χ4v) is 2.14. The van der Waals surface area contributed by atoms with E-state index in [4.69, 9.17) is 10.5 Å². The molecule has 0 spiro atoms. The first kappa shape index (κ1) is 16.9. The third kappa shape index (κ3) is 10.7. The predicted octanol–water partition coefficient (Wildman–Crippen LogP) is 2.69. The minimum atomic E-state index is 0.463. The molecule has 3 N–H and O–H groups in total. The molecule has 0 aliphatic carbocycles. The summed E-state index contributed by atoms with van der Waals surface area (Å²) < 4.78 is 5.24. The van der Waals surface area contributed by atoms with E-state index in [0.717, 1.165) is 26.0 Å². The van der Waals surface area contributed by atoms with Gasteiger partial charge >= 0.3 is 0 Å². The van der Waals surface area contributed by atoms with Crippen LogP contribution >= 0.6 is 0 Å². The molecule has 0 fully saturated rings. The van der Waals surface area contributed by atoms with Crippen molar-refractivity contribution in [1.82, 2.24) is 5.32 Å². The number of nitrogens with two attached hydrogens (primary N) is 1. The quantitative estimate of drug-likeness (QED) is 0.519. The van der Waals surface area contributed by atoms with Gasteiger partial charge in [0.25, 0.3) is 0 Å². The van der Waals surface area contributed by atoms with Crippen LogP contribution in [0.2, 0.25) is 0 Å². The lowest BCUT2D eigenvalue weighted by Gasteiger charge is -2.22. The molecule has 0 rings (SSSR count). The van der Waals surface area contributed by atoms with Crippen LogP contribution < -0.4 is 11.1 Å². The van der Waals surface area contributed by atoms with Crippen LogP contribution in [0.25, 0.3) is 0 Å². The molecule has 0 heterocycles. The summed E-state index contributed by atoms with van der Waals surface area (Å²) in [5, 5.41) is 3.65. The van der Waals surface area contributed by atoms with Gasteiger partial charge in [0, 0.05) is 19.2 Å².